The van der Waals surface area contributed by atoms with Gasteiger partial charge in [0.2, 0.25) is 0 Å². The number of rotatable bonds is 9. The number of hydrogen-bond donors (Lipinski definition) is 3. The van der Waals surface area contributed by atoms with Crippen LogP contribution in [0.5, 0.6) is 0 Å². The molecule has 0 saturated heterocycles. The van der Waals surface area contributed by atoms with E-state index in [-0.39, 0.29) is 18.7 Å². The molecule has 0 bridgehead atoms. The third kappa shape index (κ3) is 6.21. The highest BCUT2D eigenvalue weighted by Crippen LogP contribution is 2.09. The first-order valence-electron chi connectivity index (χ1n) is 7.34. The van der Waals surface area contributed by atoms with E-state index in [2.05, 4.69) is 15.3 Å². The van der Waals surface area contributed by atoms with Crippen LogP contribution in [0.25, 0.3) is 0 Å². The second-order valence-electron chi connectivity index (χ2n) is 5.21. The summed E-state index contributed by atoms with van der Waals surface area (Å²) in [7, 11) is 0. The van der Waals surface area contributed by atoms with Gasteiger partial charge in [0.15, 0.2) is 17.7 Å². The van der Waals surface area contributed by atoms with Gasteiger partial charge in [-0.2, -0.15) is 0 Å². The topological polar surface area (TPSA) is 142 Å². The molecule has 0 aliphatic heterocycles. The molecule has 9 nitrogen and oxygen atoms in total. The zero-order chi connectivity index (χ0) is 18.1. The standard InChI is InChI=1S/C15H20N4O5/c1-9(2)24-15(23)11(5-4-10(20)8-16)19-14(22)12(21)13-17-6-3-7-18-13/h3,6-9,11-12,16,21H,4-5H2,1-2H3,(H,19,22)/t11-,12+/m0/s1. The fourth-order valence-corrected chi connectivity index (χ4v) is 1.74. The molecule has 130 valence electrons. The van der Waals surface area contributed by atoms with E-state index in [1.54, 1.807) is 13.8 Å². The number of esters is 1. The third-order valence-electron chi connectivity index (χ3n) is 2.87. The van der Waals surface area contributed by atoms with Crippen molar-refractivity contribution < 1.29 is 24.2 Å². The predicted octanol–water partition coefficient (Wildman–Crippen LogP) is -0.0547. The molecule has 0 radical (unpaired) electrons. The van der Waals surface area contributed by atoms with Crippen molar-refractivity contribution in [3.8, 4) is 0 Å². The van der Waals surface area contributed by atoms with Crippen molar-refractivity contribution in [2.75, 3.05) is 0 Å². The number of nitrogens with one attached hydrogen (secondary N) is 2. The molecule has 1 aromatic rings. The second kappa shape index (κ2) is 9.46. The molecule has 2 atom stereocenters. The molecule has 0 unspecified atom stereocenters. The molecule has 0 aliphatic rings. The zero-order valence-corrected chi connectivity index (χ0v) is 13.4. The maximum atomic E-state index is 12.1. The van der Waals surface area contributed by atoms with Gasteiger partial charge in [0.1, 0.15) is 6.04 Å². The Hall–Kier alpha value is -2.68. The van der Waals surface area contributed by atoms with Gasteiger partial charge < -0.3 is 20.6 Å². The molecule has 0 aromatic carbocycles. The van der Waals surface area contributed by atoms with E-state index >= 15 is 0 Å². The van der Waals surface area contributed by atoms with Crippen molar-refractivity contribution in [2.24, 2.45) is 0 Å². The van der Waals surface area contributed by atoms with Gasteiger partial charge in [0.25, 0.3) is 5.91 Å². The Bertz CT molecular complexity index is 591. The number of hydrogen-bond acceptors (Lipinski definition) is 8. The minimum Gasteiger partial charge on any atom is -0.461 e. The van der Waals surface area contributed by atoms with Crippen molar-refractivity contribution in [3.05, 3.63) is 24.3 Å². The Kier molecular flexibility index (Phi) is 7.63. The van der Waals surface area contributed by atoms with Gasteiger partial charge in [-0.15, -0.1) is 0 Å². The molecular weight excluding hydrogens is 316 g/mol. The van der Waals surface area contributed by atoms with Gasteiger partial charge in [-0.3, -0.25) is 9.59 Å². The highest BCUT2D eigenvalue weighted by molar-refractivity contribution is 6.26. The van der Waals surface area contributed by atoms with E-state index in [9.17, 15) is 19.5 Å². The fourth-order valence-electron chi connectivity index (χ4n) is 1.74. The van der Waals surface area contributed by atoms with Crippen molar-refractivity contribution in [3.63, 3.8) is 0 Å². The van der Waals surface area contributed by atoms with E-state index in [0.29, 0.717) is 6.21 Å². The summed E-state index contributed by atoms with van der Waals surface area (Å²) in [6.07, 6.45) is 1.15. The first kappa shape index (κ1) is 19.4. The molecule has 9 heteroatoms. The van der Waals surface area contributed by atoms with Crippen LogP contribution >= 0.6 is 0 Å². The van der Waals surface area contributed by atoms with Gasteiger partial charge in [-0.1, -0.05) is 0 Å². The lowest BCUT2D eigenvalue weighted by Gasteiger charge is -2.20. The molecule has 0 aliphatic carbocycles. The lowest BCUT2D eigenvalue weighted by Crippen LogP contribution is -2.45. The summed E-state index contributed by atoms with van der Waals surface area (Å²) in [4.78, 5) is 42.9. The molecule has 0 spiro atoms. The van der Waals surface area contributed by atoms with E-state index < -0.39 is 35.9 Å². The van der Waals surface area contributed by atoms with Gasteiger partial charge in [0.05, 0.1) is 12.3 Å². The van der Waals surface area contributed by atoms with Crippen molar-refractivity contribution in [2.45, 2.75) is 44.9 Å². The fraction of sp³-hybridized carbons (Fsp3) is 0.467. The molecule has 0 fully saturated rings. The van der Waals surface area contributed by atoms with E-state index in [0.717, 1.165) is 0 Å². The van der Waals surface area contributed by atoms with Crippen LogP contribution in [-0.4, -0.2) is 51.1 Å². The van der Waals surface area contributed by atoms with Crippen molar-refractivity contribution in [1.82, 2.24) is 15.3 Å². The predicted molar refractivity (Wildman–Crippen MR) is 83.2 cm³/mol. The molecular formula is C15H20N4O5. The first-order valence-corrected chi connectivity index (χ1v) is 7.34. The second-order valence-corrected chi connectivity index (χ2v) is 5.21. The van der Waals surface area contributed by atoms with Gasteiger partial charge in [-0.25, -0.2) is 14.8 Å². The summed E-state index contributed by atoms with van der Waals surface area (Å²) >= 11 is 0. The van der Waals surface area contributed by atoms with Crippen LogP contribution in [0.15, 0.2) is 18.5 Å². The normalized spacial score (nSPS) is 13.0. The minimum absolute atomic E-state index is 0.0477. The average Bonchev–Trinajstić information content (AvgIpc) is 2.57. The van der Waals surface area contributed by atoms with E-state index in [4.69, 9.17) is 10.1 Å². The van der Waals surface area contributed by atoms with Gasteiger partial charge in [0, 0.05) is 18.8 Å². The number of Topliss-reactive ketones (excluding diaryl/α,β-unsaturated/α-hetero) is 1. The van der Waals surface area contributed by atoms with Gasteiger partial charge >= 0.3 is 5.97 Å². The number of ketones is 1. The summed E-state index contributed by atoms with van der Waals surface area (Å²) in [6.45, 7) is 3.29. The molecule has 1 aromatic heterocycles. The van der Waals surface area contributed by atoms with Crippen molar-refractivity contribution >= 4 is 23.9 Å². The Labute approximate surface area is 139 Å². The van der Waals surface area contributed by atoms with Crippen molar-refractivity contribution in [1.29, 1.82) is 5.41 Å². The molecule has 1 rings (SSSR count). The number of nitrogens with zero attached hydrogens (tertiary/aromatic N) is 2. The number of ether oxygens (including phenoxy) is 1. The van der Waals surface area contributed by atoms with Crippen LogP contribution < -0.4 is 5.32 Å². The van der Waals surface area contributed by atoms with E-state index in [1.807, 2.05) is 0 Å². The summed E-state index contributed by atoms with van der Waals surface area (Å²) in [6, 6.07) is 0.405. The maximum Gasteiger partial charge on any atom is 0.328 e. The lowest BCUT2D eigenvalue weighted by atomic mass is 10.1. The largest absolute Gasteiger partial charge is 0.461 e. The Balaban J connectivity index is 2.78. The third-order valence-corrected chi connectivity index (χ3v) is 2.87. The number of carbonyl (C=O) groups excluding carboxylic acids is 3. The summed E-state index contributed by atoms with van der Waals surface area (Å²) in [5.74, 6) is -2.20. The van der Waals surface area contributed by atoms with Crippen LogP contribution in [0.2, 0.25) is 0 Å². The maximum absolute atomic E-state index is 12.1. The molecule has 1 heterocycles. The minimum atomic E-state index is -1.65. The average molecular weight is 336 g/mol. The van der Waals surface area contributed by atoms with Crippen LogP contribution in [0.1, 0.15) is 38.6 Å². The van der Waals surface area contributed by atoms with E-state index in [1.165, 1.54) is 18.5 Å². The molecule has 0 saturated carbocycles. The van der Waals surface area contributed by atoms with Crippen LogP contribution in [0, 0.1) is 5.41 Å². The van der Waals surface area contributed by atoms with Crippen LogP contribution in [-0.2, 0) is 19.1 Å². The highest BCUT2D eigenvalue weighted by atomic mass is 16.5. The highest BCUT2D eigenvalue weighted by Gasteiger charge is 2.28. The quantitative estimate of drug-likeness (QED) is 0.423. The Morgan fingerprint density at radius 2 is 1.96 bits per heavy atom. The van der Waals surface area contributed by atoms with Crippen LogP contribution in [0.4, 0.5) is 0 Å². The number of carbonyl (C=O) groups is 3. The summed E-state index contributed by atoms with van der Waals surface area (Å²) < 4.78 is 5.03. The Morgan fingerprint density at radius 1 is 1.33 bits per heavy atom. The summed E-state index contributed by atoms with van der Waals surface area (Å²) in [5, 5.41) is 19.1. The SMILES string of the molecule is CC(C)OC(=O)[C@H](CCC(=O)C=N)NC(=O)[C@H](O)c1ncccn1. The number of amides is 1. The number of aliphatic hydroxyl groups excluding tert-OH is 1. The molecule has 3 N–H and O–H groups in total. The molecule has 1 amide bonds. The number of aromatic nitrogens is 2. The lowest BCUT2D eigenvalue weighted by molar-refractivity contribution is -0.152. The first-order chi connectivity index (χ1) is 11.3. The molecule has 24 heavy (non-hydrogen) atoms. The smallest absolute Gasteiger partial charge is 0.328 e. The van der Waals surface area contributed by atoms with Gasteiger partial charge in [-0.05, 0) is 26.3 Å². The zero-order valence-electron chi connectivity index (χ0n) is 13.4. The van der Waals surface area contributed by atoms with Crippen LogP contribution in [0.3, 0.4) is 0 Å². The summed E-state index contributed by atoms with van der Waals surface area (Å²) in [5.41, 5.74) is 0. The monoisotopic (exact) mass is 336 g/mol. The number of aliphatic hydroxyl groups is 1. The Morgan fingerprint density at radius 3 is 2.50 bits per heavy atom.